The van der Waals surface area contributed by atoms with Gasteiger partial charge in [-0.1, -0.05) is 280 Å². The molecule has 2 unspecified atom stereocenters. The normalized spacial score (nSPS) is 13.3. The lowest BCUT2D eigenvalue weighted by molar-refractivity contribution is -0.123. The van der Waals surface area contributed by atoms with Gasteiger partial charge in [-0.3, -0.25) is 4.79 Å². The molecule has 0 aromatic heterocycles. The number of allylic oxidation sites excluding steroid dienone is 9. The van der Waals surface area contributed by atoms with Crippen molar-refractivity contribution in [2.24, 2.45) is 0 Å². The fraction of sp³-hybridized carbons (Fsp3) is 0.810. The number of nitrogens with one attached hydrogen (secondary N) is 1. The van der Waals surface area contributed by atoms with Crippen LogP contribution >= 0.6 is 0 Å². The molecule has 0 heterocycles. The molecule has 4 heteroatoms. The number of hydrogen-bond acceptors (Lipinski definition) is 3. The number of aliphatic hydroxyl groups is 2. The zero-order valence-corrected chi connectivity index (χ0v) is 41.6. The van der Waals surface area contributed by atoms with Gasteiger partial charge in [0.15, 0.2) is 0 Å². The minimum atomic E-state index is -0.849. The summed E-state index contributed by atoms with van der Waals surface area (Å²) >= 11 is 0. The van der Waals surface area contributed by atoms with E-state index in [0.717, 1.165) is 64.2 Å². The van der Waals surface area contributed by atoms with E-state index in [1.165, 1.54) is 199 Å². The maximum absolute atomic E-state index is 12.4. The molecular weight excluding hydrogens is 759 g/mol. The SMILES string of the molecule is CC/C=C\C/C=C\C/C=C\C/C=C\CCCCCCCCC(=O)NC(CO)C(O)/C=C/CCCCCCCCCCCCCCCCCCCCCCCCCCCCCCC. The summed E-state index contributed by atoms with van der Waals surface area (Å²) < 4.78 is 0. The van der Waals surface area contributed by atoms with E-state index >= 15 is 0 Å². The third kappa shape index (κ3) is 49.1. The maximum Gasteiger partial charge on any atom is 0.220 e. The molecule has 4 nitrogen and oxygen atoms in total. The quantitative estimate of drug-likeness (QED) is 0.0421. The Kier molecular flexibility index (Phi) is 51.8. The summed E-state index contributed by atoms with van der Waals surface area (Å²) in [7, 11) is 0. The molecule has 1 amide bonds. The molecule has 0 aliphatic rings. The Bertz CT molecular complexity index is 1030. The van der Waals surface area contributed by atoms with Gasteiger partial charge in [0.25, 0.3) is 0 Å². The number of carbonyl (C=O) groups excluding carboxylic acids is 1. The van der Waals surface area contributed by atoms with E-state index in [2.05, 4.69) is 67.8 Å². The smallest absolute Gasteiger partial charge is 0.220 e. The van der Waals surface area contributed by atoms with Crippen LogP contribution in [0.4, 0.5) is 0 Å². The molecule has 0 spiro atoms. The molecule has 2 atom stereocenters. The molecule has 362 valence electrons. The molecule has 3 N–H and O–H groups in total. The molecule has 0 radical (unpaired) electrons. The van der Waals surface area contributed by atoms with Crippen molar-refractivity contribution in [1.29, 1.82) is 0 Å². The van der Waals surface area contributed by atoms with Gasteiger partial charge in [0.05, 0.1) is 18.8 Å². The minimum Gasteiger partial charge on any atom is -0.394 e. The van der Waals surface area contributed by atoms with E-state index in [0.29, 0.717) is 6.42 Å². The fourth-order valence-corrected chi connectivity index (χ4v) is 8.35. The van der Waals surface area contributed by atoms with Crippen LogP contribution in [-0.4, -0.2) is 34.9 Å². The molecule has 0 aromatic carbocycles. The van der Waals surface area contributed by atoms with Gasteiger partial charge in [-0.15, -0.1) is 0 Å². The fourth-order valence-electron chi connectivity index (χ4n) is 8.35. The average molecular weight is 866 g/mol. The predicted octanol–water partition coefficient (Wildman–Crippen LogP) is 18.0. The van der Waals surface area contributed by atoms with Crippen LogP contribution in [0.3, 0.4) is 0 Å². The monoisotopic (exact) mass is 866 g/mol. The predicted molar refractivity (Wildman–Crippen MR) is 276 cm³/mol. The zero-order chi connectivity index (χ0) is 44.9. The molecule has 0 bridgehead atoms. The van der Waals surface area contributed by atoms with Crippen molar-refractivity contribution in [2.45, 2.75) is 296 Å². The van der Waals surface area contributed by atoms with Crippen LogP contribution in [0.5, 0.6) is 0 Å². The van der Waals surface area contributed by atoms with E-state index in [-0.39, 0.29) is 12.5 Å². The Morgan fingerprint density at radius 2 is 0.710 bits per heavy atom. The Morgan fingerprint density at radius 3 is 1.06 bits per heavy atom. The van der Waals surface area contributed by atoms with Crippen LogP contribution in [0.2, 0.25) is 0 Å². The maximum atomic E-state index is 12.4. The highest BCUT2D eigenvalue weighted by Gasteiger charge is 2.18. The largest absolute Gasteiger partial charge is 0.394 e. The first-order chi connectivity index (χ1) is 30.7. The highest BCUT2D eigenvalue weighted by molar-refractivity contribution is 5.76. The van der Waals surface area contributed by atoms with E-state index in [9.17, 15) is 15.0 Å². The van der Waals surface area contributed by atoms with Gasteiger partial charge < -0.3 is 15.5 Å². The van der Waals surface area contributed by atoms with Crippen molar-refractivity contribution < 1.29 is 15.0 Å². The second-order valence-corrected chi connectivity index (χ2v) is 18.6. The number of aliphatic hydroxyl groups excluding tert-OH is 2. The van der Waals surface area contributed by atoms with Crippen molar-refractivity contribution in [3.63, 3.8) is 0 Å². The summed E-state index contributed by atoms with van der Waals surface area (Å²) in [6, 6.07) is -0.634. The first kappa shape index (κ1) is 60.1. The van der Waals surface area contributed by atoms with E-state index in [1.807, 2.05) is 6.08 Å². The molecule has 0 aromatic rings. The van der Waals surface area contributed by atoms with Crippen molar-refractivity contribution in [3.05, 3.63) is 60.8 Å². The number of unbranched alkanes of at least 4 members (excludes halogenated alkanes) is 35. The number of amides is 1. The lowest BCUT2D eigenvalue weighted by atomic mass is 10.0. The second kappa shape index (κ2) is 53.4. The van der Waals surface area contributed by atoms with Crippen LogP contribution < -0.4 is 5.32 Å². The lowest BCUT2D eigenvalue weighted by Crippen LogP contribution is -2.45. The van der Waals surface area contributed by atoms with Gasteiger partial charge in [-0.2, -0.15) is 0 Å². The Hall–Kier alpha value is -1.91. The van der Waals surface area contributed by atoms with Crippen LogP contribution in [0.15, 0.2) is 60.8 Å². The van der Waals surface area contributed by atoms with Crippen LogP contribution in [-0.2, 0) is 4.79 Å². The molecule has 62 heavy (non-hydrogen) atoms. The number of hydrogen-bond donors (Lipinski definition) is 3. The molecular formula is C58H107NO3. The molecule has 0 saturated heterocycles. The van der Waals surface area contributed by atoms with Gasteiger partial charge in [0, 0.05) is 6.42 Å². The van der Waals surface area contributed by atoms with Crippen LogP contribution in [0.25, 0.3) is 0 Å². The summed E-state index contributed by atoms with van der Waals surface area (Å²) in [5.41, 5.74) is 0. The molecule has 0 aliphatic heterocycles. The standard InChI is InChI=1S/C58H107NO3/c1-3-5-7-9-11-13-15-17-19-21-23-24-25-26-27-28-29-30-31-32-33-34-36-37-39-41-43-45-47-49-51-53-57(61)56(55-60)59-58(62)54-52-50-48-46-44-42-40-38-35-22-20-18-16-14-12-10-8-6-4-2/h6,8,12,14,18,20,35,38,51,53,56-57,60-61H,3-5,7,9-11,13,15-17,19,21-34,36-37,39-50,52,54-55H2,1-2H3,(H,59,62)/b8-6-,14-12-,20-18-,38-35-,53-51+. The summed E-state index contributed by atoms with van der Waals surface area (Å²) in [5, 5.41) is 23.1. The summed E-state index contributed by atoms with van der Waals surface area (Å²) in [5.74, 6) is -0.0771. The Morgan fingerprint density at radius 1 is 0.403 bits per heavy atom. The Labute approximate surface area is 387 Å². The second-order valence-electron chi connectivity index (χ2n) is 18.6. The van der Waals surface area contributed by atoms with Crippen LogP contribution in [0.1, 0.15) is 284 Å². The van der Waals surface area contributed by atoms with Crippen molar-refractivity contribution in [1.82, 2.24) is 5.32 Å². The first-order valence-corrected chi connectivity index (χ1v) is 27.5. The van der Waals surface area contributed by atoms with Crippen molar-refractivity contribution in [2.75, 3.05) is 6.61 Å². The van der Waals surface area contributed by atoms with E-state index in [1.54, 1.807) is 6.08 Å². The first-order valence-electron chi connectivity index (χ1n) is 27.5. The van der Waals surface area contributed by atoms with Gasteiger partial charge in [0.1, 0.15) is 0 Å². The van der Waals surface area contributed by atoms with Gasteiger partial charge >= 0.3 is 0 Å². The minimum absolute atomic E-state index is 0.0771. The molecule has 0 rings (SSSR count). The Balaban J connectivity index is 3.49. The number of carbonyl (C=O) groups is 1. The number of rotatable bonds is 50. The zero-order valence-electron chi connectivity index (χ0n) is 41.6. The molecule has 0 aliphatic carbocycles. The van der Waals surface area contributed by atoms with Crippen molar-refractivity contribution in [3.8, 4) is 0 Å². The molecule has 0 saturated carbocycles. The van der Waals surface area contributed by atoms with E-state index in [4.69, 9.17) is 0 Å². The highest BCUT2D eigenvalue weighted by atomic mass is 16.3. The van der Waals surface area contributed by atoms with Gasteiger partial charge in [0.2, 0.25) is 5.91 Å². The van der Waals surface area contributed by atoms with Crippen molar-refractivity contribution >= 4 is 5.91 Å². The molecule has 0 fully saturated rings. The van der Waals surface area contributed by atoms with Gasteiger partial charge in [-0.05, 0) is 57.8 Å². The lowest BCUT2D eigenvalue weighted by Gasteiger charge is -2.20. The highest BCUT2D eigenvalue weighted by Crippen LogP contribution is 2.17. The third-order valence-electron chi connectivity index (χ3n) is 12.5. The van der Waals surface area contributed by atoms with Gasteiger partial charge in [-0.25, -0.2) is 0 Å². The average Bonchev–Trinajstić information content (AvgIpc) is 3.28. The summed E-state index contributed by atoms with van der Waals surface area (Å²) in [4.78, 5) is 12.4. The van der Waals surface area contributed by atoms with E-state index < -0.39 is 12.1 Å². The summed E-state index contributed by atoms with van der Waals surface area (Å²) in [6.45, 7) is 4.21. The third-order valence-corrected chi connectivity index (χ3v) is 12.5. The van der Waals surface area contributed by atoms with Crippen LogP contribution in [0, 0.1) is 0 Å². The summed E-state index contributed by atoms with van der Waals surface area (Å²) in [6.07, 6.45) is 75.3. The topological polar surface area (TPSA) is 69.6 Å².